The van der Waals surface area contributed by atoms with Crippen LogP contribution in [0.25, 0.3) is 0 Å². The van der Waals surface area contributed by atoms with Gasteiger partial charge in [0.15, 0.2) is 0 Å². The number of hydrogen-bond donors (Lipinski definition) is 0. The van der Waals surface area contributed by atoms with Crippen LogP contribution in [0.5, 0.6) is 0 Å². The Morgan fingerprint density at radius 2 is 1.94 bits per heavy atom. The molecule has 0 bridgehead atoms. The Morgan fingerprint density at radius 3 is 2.65 bits per heavy atom. The first kappa shape index (κ1) is 20.0. The van der Waals surface area contributed by atoms with Crippen LogP contribution < -0.4 is 9.80 Å². The molecule has 164 valence electrons. The summed E-state index contributed by atoms with van der Waals surface area (Å²) in [6.45, 7) is 5.70. The zero-order valence-corrected chi connectivity index (χ0v) is 17.2. The summed E-state index contributed by atoms with van der Waals surface area (Å²) in [5.41, 5.74) is 1.46. The van der Waals surface area contributed by atoms with Crippen LogP contribution in [0, 0.1) is 12.8 Å². The molecule has 1 unspecified atom stereocenters. The zero-order valence-electron chi connectivity index (χ0n) is 17.2. The lowest BCUT2D eigenvalue weighted by Gasteiger charge is -2.33. The monoisotopic (exact) mass is 432 g/mol. The number of hydrogen-bond acceptors (Lipinski definition) is 6. The number of carbonyl (C=O) groups excluding carboxylic acids is 1. The van der Waals surface area contributed by atoms with Crippen molar-refractivity contribution >= 4 is 17.4 Å². The van der Waals surface area contributed by atoms with Gasteiger partial charge in [-0.05, 0) is 31.9 Å². The third-order valence-electron chi connectivity index (χ3n) is 6.28. The van der Waals surface area contributed by atoms with E-state index in [9.17, 15) is 18.0 Å². The summed E-state index contributed by atoms with van der Waals surface area (Å²) in [6.07, 6.45) is -1.56. The van der Waals surface area contributed by atoms with Gasteiger partial charge in [0, 0.05) is 43.6 Å². The van der Waals surface area contributed by atoms with E-state index in [1.807, 2.05) is 16.7 Å². The number of aryl methyl sites for hydroxylation is 1. The number of fused-ring (bicyclic) bond motifs is 1. The topological polar surface area (TPSA) is 65.5 Å². The third kappa shape index (κ3) is 3.68. The standard InChI is InChI=1S/C21H23F3N6O/c1-13-26-17-12-30(11-16(17)19(27-13)28-6-2-7-28)20(31)14-4-8-29(10-14)15-3-5-25-18(9-15)21(22,23)24/h3,5,9,14H,2,4,6-8,10-12H2,1H3. The van der Waals surface area contributed by atoms with Gasteiger partial charge in [0.1, 0.15) is 17.3 Å². The van der Waals surface area contributed by atoms with Crippen LogP contribution in [-0.2, 0) is 24.1 Å². The van der Waals surface area contributed by atoms with E-state index in [-0.39, 0.29) is 11.8 Å². The predicted octanol–water partition coefficient (Wildman–Crippen LogP) is 2.78. The van der Waals surface area contributed by atoms with Crippen molar-refractivity contribution in [1.82, 2.24) is 19.9 Å². The van der Waals surface area contributed by atoms with E-state index in [2.05, 4.69) is 19.9 Å². The maximum Gasteiger partial charge on any atom is 0.433 e. The first-order valence-corrected chi connectivity index (χ1v) is 10.5. The van der Waals surface area contributed by atoms with Crippen LogP contribution in [0.2, 0.25) is 0 Å². The lowest BCUT2D eigenvalue weighted by molar-refractivity contribution is -0.141. The molecule has 0 radical (unpaired) electrons. The van der Waals surface area contributed by atoms with Crippen molar-refractivity contribution in [3.05, 3.63) is 41.1 Å². The van der Waals surface area contributed by atoms with Gasteiger partial charge in [-0.2, -0.15) is 13.2 Å². The first-order valence-electron chi connectivity index (χ1n) is 10.5. The highest BCUT2D eigenvalue weighted by Crippen LogP contribution is 2.35. The smallest absolute Gasteiger partial charge is 0.371 e. The second-order valence-corrected chi connectivity index (χ2v) is 8.38. The fourth-order valence-electron chi connectivity index (χ4n) is 4.53. The average Bonchev–Trinajstić information content (AvgIpc) is 3.33. The summed E-state index contributed by atoms with van der Waals surface area (Å²) in [7, 11) is 0. The van der Waals surface area contributed by atoms with Gasteiger partial charge in [-0.3, -0.25) is 9.78 Å². The van der Waals surface area contributed by atoms with E-state index < -0.39 is 11.9 Å². The predicted molar refractivity (Wildman–Crippen MR) is 107 cm³/mol. The Kier molecular flexibility index (Phi) is 4.75. The molecule has 0 spiro atoms. The Hall–Kier alpha value is -2.91. The molecular weight excluding hydrogens is 409 g/mol. The fraction of sp³-hybridized carbons (Fsp3) is 0.524. The summed E-state index contributed by atoms with van der Waals surface area (Å²) >= 11 is 0. The maximum atomic E-state index is 13.2. The maximum absolute atomic E-state index is 13.2. The summed E-state index contributed by atoms with van der Waals surface area (Å²) in [4.78, 5) is 31.7. The number of aromatic nitrogens is 3. The van der Waals surface area contributed by atoms with Gasteiger partial charge < -0.3 is 14.7 Å². The molecule has 2 fully saturated rings. The first-order chi connectivity index (χ1) is 14.8. The highest BCUT2D eigenvalue weighted by molar-refractivity contribution is 5.81. The summed E-state index contributed by atoms with van der Waals surface area (Å²) in [5.74, 6) is 1.42. The van der Waals surface area contributed by atoms with Gasteiger partial charge in [-0.1, -0.05) is 0 Å². The van der Waals surface area contributed by atoms with E-state index in [1.54, 1.807) is 6.07 Å². The normalized spacial score (nSPS) is 20.8. The number of alkyl halides is 3. The number of pyridine rings is 1. The largest absolute Gasteiger partial charge is 0.433 e. The van der Waals surface area contributed by atoms with Crippen LogP contribution in [0.3, 0.4) is 0 Å². The number of nitrogens with zero attached hydrogens (tertiary/aromatic N) is 6. The van der Waals surface area contributed by atoms with E-state index >= 15 is 0 Å². The van der Waals surface area contributed by atoms with Crippen molar-refractivity contribution in [2.75, 3.05) is 36.0 Å². The van der Waals surface area contributed by atoms with Gasteiger partial charge in [0.05, 0.1) is 24.7 Å². The number of rotatable bonds is 3. The van der Waals surface area contributed by atoms with Crippen LogP contribution in [-0.4, -0.2) is 51.9 Å². The second kappa shape index (κ2) is 7.35. The van der Waals surface area contributed by atoms with E-state index in [0.29, 0.717) is 44.1 Å². The Labute approximate surface area is 177 Å². The molecule has 0 aromatic carbocycles. The van der Waals surface area contributed by atoms with Crippen molar-refractivity contribution < 1.29 is 18.0 Å². The molecule has 5 rings (SSSR count). The Bertz CT molecular complexity index is 1020. The van der Waals surface area contributed by atoms with Gasteiger partial charge in [-0.25, -0.2) is 9.97 Å². The van der Waals surface area contributed by atoms with Crippen LogP contribution in [0.15, 0.2) is 18.3 Å². The molecule has 0 aliphatic carbocycles. The van der Waals surface area contributed by atoms with Crippen molar-refractivity contribution in [2.45, 2.75) is 39.0 Å². The van der Waals surface area contributed by atoms with Gasteiger partial charge in [0.25, 0.3) is 0 Å². The Morgan fingerprint density at radius 1 is 1.13 bits per heavy atom. The molecule has 2 aromatic heterocycles. The molecule has 2 aromatic rings. The van der Waals surface area contributed by atoms with Crippen LogP contribution >= 0.6 is 0 Å². The van der Waals surface area contributed by atoms with E-state index in [4.69, 9.17) is 0 Å². The SMILES string of the molecule is Cc1nc2c(c(N3CCC3)n1)CN(C(=O)C1CCN(c3ccnc(C(F)(F)F)c3)C1)C2. The molecule has 7 nitrogen and oxygen atoms in total. The summed E-state index contributed by atoms with van der Waals surface area (Å²) in [5, 5.41) is 0. The van der Waals surface area contributed by atoms with Gasteiger partial charge in [0.2, 0.25) is 5.91 Å². The molecule has 5 heterocycles. The molecule has 31 heavy (non-hydrogen) atoms. The van der Waals surface area contributed by atoms with E-state index in [0.717, 1.165) is 42.7 Å². The quantitative estimate of drug-likeness (QED) is 0.743. The highest BCUT2D eigenvalue weighted by atomic mass is 19.4. The Balaban J connectivity index is 1.29. The summed E-state index contributed by atoms with van der Waals surface area (Å²) < 4.78 is 39.0. The summed E-state index contributed by atoms with van der Waals surface area (Å²) in [6, 6.07) is 2.61. The van der Waals surface area contributed by atoms with E-state index in [1.165, 1.54) is 6.20 Å². The molecule has 3 aliphatic rings. The molecule has 2 saturated heterocycles. The zero-order chi connectivity index (χ0) is 21.8. The minimum absolute atomic E-state index is 0.0258. The molecule has 0 saturated carbocycles. The minimum Gasteiger partial charge on any atom is -0.371 e. The average molecular weight is 432 g/mol. The van der Waals surface area contributed by atoms with Crippen molar-refractivity contribution in [3.8, 4) is 0 Å². The van der Waals surface area contributed by atoms with Crippen molar-refractivity contribution in [1.29, 1.82) is 0 Å². The molecule has 1 amide bonds. The number of anilines is 2. The number of amides is 1. The van der Waals surface area contributed by atoms with Gasteiger partial charge >= 0.3 is 6.18 Å². The number of carbonyl (C=O) groups is 1. The van der Waals surface area contributed by atoms with Gasteiger partial charge in [-0.15, -0.1) is 0 Å². The fourth-order valence-corrected chi connectivity index (χ4v) is 4.53. The molecule has 3 aliphatic heterocycles. The van der Waals surface area contributed by atoms with Crippen molar-refractivity contribution in [2.24, 2.45) is 5.92 Å². The van der Waals surface area contributed by atoms with Crippen LogP contribution in [0.1, 0.15) is 35.6 Å². The lowest BCUT2D eigenvalue weighted by atomic mass is 10.1. The molecule has 0 N–H and O–H groups in total. The second-order valence-electron chi connectivity index (χ2n) is 8.38. The molecular formula is C21H23F3N6O. The third-order valence-corrected chi connectivity index (χ3v) is 6.28. The van der Waals surface area contributed by atoms with Crippen LogP contribution in [0.4, 0.5) is 24.7 Å². The highest BCUT2D eigenvalue weighted by Gasteiger charge is 2.38. The molecule has 1 atom stereocenters. The molecule has 10 heteroatoms. The minimum atomic E-state index is -4.49. The van der Waals surface area contributed by atoms with Crippen molar-refractivity contribution in [3.63, 3.8) is 0 Å². The number of halogens is 3. The lowest BCUT2D eigenvalue weighted by Crippen LogP contribution is -2.39.